The molecular weight excluding hydrogens is 262 g/mol. The van der Waals surface area contributed by atoms with Gasteiger partial charge in [0, 0.05) is 32.7 Å². The molecule has 0 saturated heterocycles. The molecule has 0 unspecified atom stereocenters. The third kappa shape index (κ3) is 2.06. The average molecular weight is 279 g/mol. The molecule has 106 valence electrons. The van der Waals surface area contributed by atoms with E-state index < -0.39 is 0 Å². The number of benzene rings is 1. The van der Waals surface area contributed by atoms with Crippen LogP contribution in [0.15, 0.2) is 30.3 Å². The standard InChI is InChI=1S/C16H17N5/c1-21(2)14-6-5-13-16(19-14)20-15(18-13)10-3-4-11-8-17-9-12(11)7-10/h3-7,17H,8-9H2,1-2H3,(H,18,19,20). The number of anilines is 1. The fourth-order valence-electron chi connectivity index (χ4n) is 2.71. The molecule has 0 bridgehead atoms. The van der Waals surface area contributed by atoms with Gasteiger partial charge in [0.05, 0.1) is 5.52 Å². The smallest absolute Gasteiger partial charge is 0.180 e. The molecule has 3 aromatic rings. The van der Waals surface area contributed by atoms with E-state index in [1.807, 2.05) is 31.1 Å². The SMILES string of the molecule is CN(C)c1ccc2[nH]c(-c3ccc4c(c3)CNC4)nc2n1. The number of aromatic nitrogens is 3. The van der Waals surface area contributed by atoms with Crippen LogP contribution >= 0.6 is 0 Å². The van der Waals surface area contributed by atoms with E-state index in [0.29, 0.717) is 0 Å². The zero-order chi connectivity index (χ0) is 14.4. The Morgan fingerprint density at radius 1 is 1.00 bits per heavy atom. The third-order valence-corrected chi connectivity index (χ3v) is 3.90. The Morgan fingerprint density at radius 2 is 1.86 bits per heavy atom. The lowest BCUT2D eigenvalue weighted by Gasteiger charge is -2.09. The quantitative estimate of drug-likeness (QED) is 0.755. The molecule has 5 heteroatoms. The zero-order valence-corrected chi connectivity index (χ0v) is 12.1. The van der Waals surface area contributed by atoms with Gasteiger partial charge >= 0.3 is 0 Å². The predicted octanol–water partition coefficient (Wildman–Crippen LogP) is 2.29. The Morgan fingerprint density at radius 3 is 2.71 bits per heavy atom. The highest BCUT2D eigenvalue weighted by Gasteiger charge is 2.13. The minimum Gasteiger partial charge on any atom is -0.363 e. The van der Waals surface area contributed by atoms with Gasteiger partial charge in [0.1, 0.15) is 11.6 Å². The maximum Gasteiger partial charge on any atom is 0.180 e. The topological polar surface area (TPSA) is 56.8 Å². The van der Waals surface area contributed by atoms with Crippen LogP contribution in [0.5, 0.6) is 0 Å². The van der Waals surface area contributed by atoms with E-state index in [4.69, 9.17) is 0 Å². The van der Waals surface area contributed by atoms with Gasteiger partial charge in [-0.1, -0.05) is 12.1 Å². The van der Waals surface area contributed by atoms with E-state index in [9.17, 15) is 0 Å². The van der Waals surface area contributed by atoms with Gasteiger partial charge in [0.2, 0.25) is 0 Å². The van der Waals surface area contributed by atoms with Crippen LogP contribution in [0.1, 0.15) is 11.1 Å². The highest BCUT2D eigenvalue weighted by atomic mass is 15.1. The second-order valence-corrected chi connectivity index (χ2v) is 5.61. The van der Waals surface area contributed by atoms with Crippen molar-refractivity contribution in [3.63, 3.8) is 0 Å². The van der Waals surface area contributed by atoms with Crippen LogP contribution in [0.25, 0.3) is 22.6 Å². The van der Waals surface area contributed by atoms with Crippen LogP contribution in [0.3, 0.4) is 0 Å². The van der Waals surface area contributed by atoms with Gasteiger partial charge in [-0.15, -0.1) is 0 Å². The molecule has 0 atom stereocenters. The van der Waals surface area contributed by atoms with Gasteiger partial charge in [0.25, 0.3) is 0 Å². The van der Waals surface area contributed by atoms with Crippen molar-refractivity contribution >= 4 is 17.0 Å². The minimum atomic E-state index is 0.759. The number of nitrogens with one attached hydrogen (secondary N) is 2. The van der Waals surface area contributed by atoms with Crippen molar-refractivity contribution in [2.45, 2.75) is 13.1 Å². The Hall–Kier alpha value is -2.40. The summed E-state index contributed by atoms with van der Waals surface area (Å²) >= 11 is 0. The summed E-state index contributed by atoms with van der Waals surface area (Å²) < 4.78 is 0. The summed E-state index contributed by atoms with van der Waals surface area (Å²) in [4.78, 5) is 14.5. The second kappa shape index (κ2) is 4.56. The van der Waals surface area contributed by atoms with Gasteiger partial charge < -0.3 is 15.2 Å². The fraction of sp³-hybridized carbons (Fsp3) is 0.250. The van der Waals surface area contributed by atoms with Crippen LogP contribution in [-0.4, -0.2) is 29.0 Å². The highest BCUT2D eigenvalue weighted by molar-refractivity contribution is 5.77. The van der Waals surface area contributed by atoms with E-state index in [2.05, 4.69) is 38.5 Å². The number of aromatic amines is 1. The van der Waals surface area contributed by atoms with Crippen LogP contribution in [0.4, 0.5) is 5.82 Å². The summed E-state index contributed by atoms with van der Waals surface area (Å²) in [5, 5.41) is 3.36. The Balaban J connectivity index is 1.80. The average Bonchev–Trinajstić information content (AvgIpc) is 3.11. The van der Waals surface area contributed by atoms with Crippen LogP contribution in [-0.2, 0) is 13.1 Å². The van der Waals surface area contributed by atoms with Crippen molar-refractivity contribution in [3.05, 3.63) is 41.5 Å². The van der Waals surface area contributed by atoms with Gasteiger partial charge in [-0.25, -0.2) is 9.97 Å². The molecule has 2 aromatic heterocycles. The van der Waals surface area contributed by atoms with E-state index in [1.54, 1.807) is 0 Å². The van der Waals surface area contributed by atoms with Crippen molar-refractivity contribution in [1.82, 2.24) is 20.3 Å². The van der Waals surface area contributed by atoms with E-state index in [0.717, 1.165) is 41.5 Å². The van der Waals surface area contributed by atoms with Crippen molar-refractivity contribution in [1.29, 1.82) is 0 Å². The molecule has 5 nitrogen and oxygen atoms in total. The third-order valence-electron chi connectivity index (χ3n) is 3.90. The number of rotatable bonds is 2. The van der Waals surface area contributed by atoms with Gasteiger partial charge in [0.15, 0.2) is 5.65 Å². The predicted molar refractivity (Wildman–Crippen MR) is 84.2 cm³/mol. The van der Waals surface area contributed by atoms with E-state index >= 15 is 0 Å². The highest BCUT2D eigenvalue weighted by Crippen LogP contribution is 2.25. The molecule has 3 heterocycles. The summed E-state index contributed by atoms with van der Waals surface area (Å²) in [6.45, 7) is 1.90. The molecule has 0 fully saturated rings. The number of imidazole rings is 1. The first-order valence-electron chi connectivity index (χ1n) is 7.08. The Kier molecular flexibility index (Phi) is 2.68. The molecule has 1 aliphatic rings. The minimum absolute atomic E-state index is 0.759. The summed E-state index contributed by atoms with van der Waals surface area (Å²) in [6, 6.07) is 10.5. The monoisotopic (exact) mass is 279 g/mol. The van der Waals surface area contributed by atoms with Crippen molar-refractivity contribution in [3.8, 4) is 11.4 Å². The number of nitrogens with zero attached hydrogens (tertiary/aromatic N) is 3. The maximum absolute atomic E-state index is 4.64. The molecule has 1 aliphatic heterocycles. The Bertz CT molecular complexity index is 819. The van der Waals surface area contributed by atoms with Crippen LogP contribution in [0, 0.1) is 0 Å². The molecule has 0 amide bonds. The second-order valence-electron chi connectivity index (χ2n) is 5.61. The molecule has 2 N–H and O–H groups in total. The Labute approximate surface area is 123 Å². The summed E-state index contributed by atoms with van der Waals surface area (Å²) in [7, 11) is 3.96. The molecule has 0 aliphatic carbocycles. The van der Waals surface area contributed by atoms with Gasteiger partial charge in [-0.3, -0.25) is 0 Å². The van der Waals surface area contributed by atoms with Crippen LogP contribution < -0.4 is 10.2 Å². The number of fused-ring (bicyclic) bond motifs is 2. The van der Waals surface area contributed by atoms with E-state index in [-0.39, 0.29) is 0 Å². The molecular formula is C16H17N5. The lowest BCUT2D eigenvalue weighted by molar-refractivity contribution is 0.765. The first-order valence-corrected chi connectivity index (χ1v) is 7.08. The lowest BCUT2D eigenvalue weighted by atomic mass is 10.1. The van der Waals surface area contributed by atoms with Crippen molar-refractivity contribution in [2.24, 2.45) is 0 Å². The molecule has 0 spiro atoms. The van der Waals surface area contributed by atoms with Gasteiger partial charge in [-0.2, -0.15) is 0 Å². The zero-order valence-electron chi connectivity index (χ0n) is 12.1. The number of pyridine rings is 1. The lowest BCUT2D eigenvalue weighted by Crippen LogP contribution is -2.10. The van der Waals surface area contributed by atoms with E-state index in [1.165, 1.54) is 11.1 Å². The summed E-state index contributed by atoms with van der Waals surface area (Å²) in [5.41, 5.74) is 5.57. The largest absolute Gasteiger partial charge is 0.363 e. The van der Waals surface area contributed by atoms with Crippen molar-refractivity contribution < 1.29 is 0 Å². The first-order chi connectivity index (χ1) is 10.2. The van der Waals surface area contributed by atoms with Crippen LogP contribution in [0.2, 0.25) is 0 Å². The fourth-order valence-corrected chi connectivity index (χ4v) is 2.71. The molecule has 4 rings (SSSR count). The maximum atomic E-state index is 4.64. The summed E-state index contributed by atoms with van der Waals surface area (Å²) in [6.07, 6.45) is 0. The molecule has 0 radical (unpaired) electrons. The number of H-pyrrole nitrogens is 1. The molecule has 21 heavy (non-hydrogen) atoms. The summed E-state index contributed by atoms with van der Waals surface area (Å²) in [5.74, 6) is 1.79. The molecule has 1 aromatic carbocycles. The molecule has 0 saturated carbocycles. The number of hydrogen-bond acceptors (Lipinski definition) is 4. The number of hydrogen-bond donors (Lipinski definition) is 2. The first kappa shape index (κ1) is 12.3. The van der Waals surface area contributed by atoms with Gasteiger partial charge in [-0.05, 0) is 29.3 Å². The normalized spacial score (nSPS) is 13.6. The van der Waals surface area contributed by atoms with Crippen molar-refractivity contribution in [2.75, 3.05) is 19.0 Å².